The van der Waals surface area contributed by atoms with Gasteiger partial charge in [-0.3, -0.25) is 9.69 Å². The Morgan fingerprint density at radius 3 is 2.35 bits per heavy atom. The Labute approximate surface area is 138 Å². The van der Waals surface area contributed by atoms with Gasteiger partial charge in [0.25, 0.3) is 0 Å². The van der Waals surface area contributed by atoms with Crippen LogP contribution in [-0.2, 0) is 4.79 Å². The second-order valence-electron chi connectivity index (χ2n) is 5.82. The number of rotatable bonds is 2. The van der Waals surface area contributed by atoms with Crippen LogP contribution in [0.4, 0.5) is 0 Å². The van der Waals surface area contributed by atoms with Crippen molar-refractivity contribution in [3.63, 3.8) is 0 Å². The van der Waals surface area contributed by atoms with Crippen LogP contribution in [0.5, 0.6) is 11.5 Å². The maximum Gasteiger partial charge on any atom is 0.160 e. The quantitative estimate of drug-likeness (QED) is 0.655. The summed E-state index contributed by atoms with van der Waals surface area (Å²) in [6, 6.07) is 7.71. The van der Waals surface area contributed by atoms with Gasteiger partial charge in [-0.2, -0.15) is 0 Å². The van der Waals surface area contributed by atoms with Crippen molar-refractivity contribution in [2.45, 2.75) is 24.4 Å². The molecule has 2 unspecified atom stereocenters. The third-order valence-electron chi connectivity index (χ3n) is 4.23. The Morgan fingerprint density at radius 2 is 1.83 bits per heavy atom. The summed E-state index contributed by atoms with van der Waals surface area (Å²) >= 11 is 0. The molecular weight excluding hydrogens is 293 g/mol. The van der Waals surface area contributed by atoms with Crippen LogP contribution >= 0.6 is 0 Å². The second kappa shape index (κ2) is 7.19. The lowest BCUT2D eigenvalue weighted by Crippen LogP contribution is -2.48. The first-order chi connectivity index (χ1) is 10.9. The summed E-state index contributed by atoms with van der Waals surface area (Å²) in [5, 5.41) is 9.55. The molecule has 0 bridgehead atoms. The van der Waals surface area contributed by atoms with Crippen molar-refractivity contribution in [2.75, 3.05) is 27.8 Å². The van der Waals surface area contributed by atoms with E-state index in [1.54, 1.807) is 14.2 Å². The van der Waals surface area contributed by atoms with Crippen molar-refractivity contribution in [1.82, 2.24) is 4.90 Å². The normalized spacial score (nSPS) is 26.7. The van der Waals surface area contributed by atoms with E-state index in [-0.39, 0.29) is 11.8 Å². The molecule has 0 saturated heterocycles. The predicted octanol–water partition coefficient (Wildman–Crippen LogP) is 1.15. The fourth-order valence-corrected chi connectivity index (χ4v) is 2.83. The van der Waals surface area contributed by atoms with Crippen LogP contribution in [-0.4, -0.2) is 63.0 Å². The summed E-state index contributed by atoms with van der Waals surface area (Å²) in [6.07, 6.45) is 2.69. The zero-order chi connectivity index (χ0) is 17.0. The molecule has 5 nitrogen and oxygen atoms in total. The Kier molecular flexibility index (Phi) is 5.49. The molecule has 0 amide bonds. The SMILES string of the molecule is COc1ccccc1OC.[B]C1(O)CC2=CCN(C)C2CC1=O. The monoisotopic (exact) mass is 315 g/mol. The number of para-hydroxylation sites is 2. The summed E-state index contributed by atoms with van der Waals surface area (Å²) < 4.78 is 10.0. The molecule has 1 aliphatic carbocycles. The molecule has 1 aromatic carbocycles. The lowest BCUT2D eigenvalue weighted by Gasteiger charge is -2.35. The highest BCUT2D eigenvalue weighted by molar-refractivity contribution is 6.28. The maximum absolute atomic E-state index is 11.4. The van der Waals surface area contributed by atoms with Crippen LogP contribution in [0.15, 0.2) is 35.9 Å². The molecule has 23 heavy (non-hydrogen) atoms. The number of aliphatic hydroxyl groups is 1. The number of ether oxygens (including phenoxy) is 2. The van der Waals surface area contributed by atoms with Gasteiger partial charge in [0.1, 0.15) is 7.85 Å². The number of carbonyl (C=O) groups is 1. The van der Waals surface area contributed by atoms with Crippen molar-refractivity contribution < 1.29 is 19.4 Å². The fourth-order valence-electron chi connectivity index (χ4n) is 2.83. The Bertz CT molecular complexity index is 577. The fraction of sp³-hybridized carbons (Fsp3) is 0.471. The van der Waals surface area contributed by atoms with Gasteiger partial charge in [-0.15, -0.1) is 0 Å². The summed E-state index contributed by atoms with van der Waals surface area (Å²) in [5.41, 5.74) is -0.514. The number of nitrogens with zero attached hydrogens (tertiary/aromatic N) is 1. The summed E-state index contributed by atoms with van der Waals surface area (Å²) in [7, 11) is 10.7. The molecule has 3 rings (SSSR count). The molecule has 2 atom stereocenters. The van der Waals surface area contributed by atoms with Gasteiger partial charge in [0.05, 0.1) is 19.7 Å². The molecule has 2 aliphatic rings. The lowest BCUT2D eigenvalue weighted by molar-refractivity contribution is -0.132. The highest BCUT2D eigenvalue weighted by Crippen LogP contribution is 2.33. The molecule has 1 saturated carbocycles. The van der Waals surface area contributed by atoms with Gasteiger partial charge >= 0.3 is 0 Å². The predicted molar refractivity (Wildman–Crippen MR) is 89.0 cm³/mol. The summed E-state index contributed by atoms with van der Waals surface area (Å²) in [4.78, 5) is 13.5. The van der Waals surface area contributed by atoms with Gasteiger partial charge in [-0.25, -0.2) is 0 Å². The highest BCUT2D eigenvalue weighted by Gasteiger charge is 2.41. The average molecular weight is 315 g/mol. The number of likely N-dealkylation sites (N-methyl/N-ethyl adjacent to an activating group) is 1. The molecule has 0 aromatic heterocycles. The van der Waals surface area contributed by atoms with Crippen molar-refractivity contribution in [1.29, 1.82) is 0 Å². The van der Waals surface area contributed by atoms with Crippen molar-refractivity contribution in [3.05, 3.63) is 35.9 Å². The van der Waals surface area contributed by atoms with Crippen LogP contribution < -0.4 is 9.47 Å². The third-order valence-corrected chi connectivity index (χ3v) is 4.23. The lowest BCUT2D eigenvalue weighted by atomic mass is 9.67. The van der Waals surface area contributed by atoms with Gasteiger partial charge in [-0.05, 0) is 25.6 Å². The average Bonchev–Trinajstić information content (AvgIpc) is 2.88. The molecule has 1 aliphatic heterocycles. The number of Topliss-reactive ketones (excluding diaryl/α,β-unsaturated/α-hetero) is 1. The third kappa shape index (κ3) is 3.95. The van der Waals surface area contributed by atoms with E-state index in [2.05, 4.69) is 11.0 Å². The molecule has 122 valence electrons. The zero-order valence-electron chi connectivity index (χ0n) is 13.8. The molecule has 1 aromatic rings. The van der Waals surface area contributed by atoms with Gasteiger partial charge < -0.3 is 14.6 Å². The minimum absolute atomic E-state index is 0.177. The van der Waals surface area contributed by atoms with Gasteiger partial charge in [0, 0.05) is 19.0 Å². The molecule has 1 fully saturated rings. The first kappa shape index (κ1) is 17.6. The first-order valence-corrected chi connectivity index (χ1v) is 7.49. The van der Waals surface area contributed by atoms with Crippen LogP contribution in [0.2, 0.25) is 0 Å². The van der Waals surface area contributed by atoms with E-state index in [4.69, 9.17) is 17.3 Å². The standard InChI is InChI=1S/C9H12BNO2.C8H10O2/c1-11-3-2-6-5-9(10,13)8(12)4-7(6)11;1-9-7-5-3-4-6-8(7)10-2/h2,7,13H,3-5H2,1H3;3-6H,1-2H3. The Hall–Kier alpha value is -1.79. The maximum atomic E-state index is 11.4. The molecule has 1 heterocycles. The summed E-state index contributed by atoms with van der Waals surface area (Å²) in [6.45, 7) is 0.851. The van der Waals surface area contributed by atoms with Gasteiger partial charge in [-0.1, -0.05) is 23.8 Å². The van der Waals surface area contributed by atoms with Crippen LogP contribution in [0.3, 0.4) is 0 Å². The van der Waals surface area contributed by atoms with Crippen LogP contribution in [0, 0.1) is 0 Å². The zero-order valence-corrected chi connectivity index (χ0v) is 13.8. The molecule has 2 radical (unpaired) electrons. The van der Waals surface area contributed by atoms with Crippen LogP contribution in [0.25, 0.3) is 0 Å². The van der Waals surface area contributed by atoms with Crippen molar-refractivity contribution in [2.24, 2.45) is 0 Å². The molecule has 1 N–H and O–H groups in total. The largest absolute Gasteiger partial charge is 0.493 e. The van der Waals surface area contributed by atoms with E-state index in [0.717, 1.165) is 23.6 Å². The summed E-state index contributed by atoms with van der Waals surface area (Å²) in [5.74, 6) is 1.29. The second-order valence-corrected chi connectivity index (χ2v) is 5.82. The van der Waals surface area contributed by atoms with E-state index >= 15 is 0 Å². The first-order valence-electron chi connectivity index (χ1n) is 7.49. The number of ketones is 1. The van der Waals surface area contributed by atoms with E-state index in [0.29, 0.717) is 12.8 Å². The van der Waals surface area contributed by atoms with E-state index in [1.807, 2.05) is 31.3 Å². The van der Waals surface area contributed by atoms with Crippen molar-refractivity contribution in [3.8, 4) is 11.5 Å². The van der Waals surface area contributed by atoms with Crippen LogP contribution in [0.1, 0.15) is 12.8 Å². The number of methoxy groups -OCH3 is 2. The Balaban J connectivity index is 0.000000174. The van der Waals surface area contributed by atoms with E-state index < -0.39 is 5.50 Å². The van der Waals surface area contributed by atoms with E-state index in [9.17, 15) is 9.90 Å². The number of hydrogen-bond donors (Lipinski definition) is 1. The highest BCUT2D eigenvalue weighted by atomic mass is 16.5. The number of carbonyl (C=O) groups excluding carboxylic acids is 1. The van der Waals surface area contributed by atoms with Crippen molar-refractivity contribution >= 4 is 13.6 Å². The Morgan fingerprint density at radius 1 is 1.26 bits per heavy atom. The van der Waals surface area contributed by atoms with E-state index in [1.165, 1.54) is 0 Å². The number of benzene rings is 1. The smallest absolute Gasteiger partial charge is 0.160 e. The number of hydrogen-bond acceptors (Lipinski definition) is 5. The minimum atomic E-state index is -1.62. The topological polar surface area (TPSA) is 59.0 Å². The number of fused-ring (bicyclic) bond motifs is 1. The molecule has 0 spiro atoms. The minimum Gasteiger partial charge on any atom is -0.493 e. The van der Waals surface area contributed by atoms with Gasteiger partial charge in [0.2, 0.25) is 0 Å². The molecular formula is C17H22BNO4. The van der Waals surface area contributed by atoms with Gasteiger partial charge in [0.15, 0.2) is 17.3 Å². The molecule has 6 heteroatoms.